The van der Waals surface area contributed by atoms with Crippen molar-refractivity contribution in [3.05, 3.63) is 99.7 Å². The van der Waals surface area contributed by atoms with Gasteiger partial charge in [-0.15, -0.1) is 0 Å². The summed E-state index contributed by atoms with van der Waals surface area (Å²) in [6.45, 7) is 8.41. The molecule has 0 unspecified atom stereocenters. The minimum atomic E-state index is -0.246. The highest BCUT2D eigenvalue weighted by Crippen LogP contribution is 2.29. The predicted molar refractivity (Wildman–Crippen MR) is 132 cm³/mol. The monoisotopic (exact) mass is 424 g/mol. The van der Waals surface area contributed by atoms with Gasteiger partial charge < -0.3 is 9.88 Å². The van der Waals surface area contributed by atoms with E-state index < -0.39 is 0 Å². The molecule has 3 aromatic carbocycles. The lowest BCUT2D eigenvalue weighted by molar-refractivity contribution is 0.102. The summed E-state index contributed by atoms with van der Waals surface area (Å²) in [5, 5.41) is 3.65. The lowest BCUT2D eigenvalue weighted by Crippen LogP contribution is -2.21. The molecule has 0 radical (unpaired) electrons. The second-order valence-electron chi connectivity index (χ2n) is 9.28. The number of para-hydroxylation sites is 1. The smallest absolute Gasteiger partial charge is 0.256 e. The molecule has 0 spiro atoms. The standard InChI is InChI=1S/C28H28N2O2/c1-18-9-8-10-20(17-18)24-25(31)22-11-6-7-12-23(22)30(5)26(24)29-27(32)19-13-15-21(16-14-19)28(2,3)4/h6-17H,1-5H3,(H,29,32). The van der Waals surface area contributed by atoms with Crippen LogP contribution in [0, 0.1) is 6.92 Å². The Labute approximate surface area is 188 Å². The van der Waals surface area contributed by atoms with Gasteiger partial charge in [-0.1, -0.05) is 74.9 Å². The Bertz CT molecular complexity index is 1370. The zero-order valence-corrected chi connectivity index (χ0v) is 19.2. The number of hydrogen-bond donors (Lipinski definition) is 1. The van der Waals surface area contributed by atoms with Crippen LogP contribution in [0.15, 0.2) is 77.6 Å². The van der Waals surface area contributed by atoms with Crippen LogP contribution in [-0.2, 0) is 12.5 Å². The molecule has 4 heteroatoms. The second kappa shape index (κ2) is 8.12. The van der Waals surface area contributed by atoms with Crippen LogP contribution in [0.25, 0.3) is 22.0 Å². The van der Waals surface area contributed by atoms with E-state index in [1.165, 1.54) is 0 Å². The topological polar surface area (TPSA) is 51.1 Å². The molecule has 1 aromatic heterocycles. The first-order chi connectivity index (χ1) is 15.2. The third-order valence-corrected chi connectivity index (χ3v) is 5.86. The molecule has 0 atom stereocenters. The number of amides is 1. The molecule has 0 aliphatic rings. The van der Waals surface area contributed by atoms with Gasteiger partial charge in [-0.25, -0.2) is 0 Å². The Kier molecular flexibility index (Phi) is 5.47. The fourth-order valence-corrected chi connectivity index (χ4v) is 4.00. The molecule has 4 rings (SSSR count). The Hall–Kier alpha value is -3.66. The molecule has 0 aliphatic heterocycles. The second-order valence-corrected chi connectivity index (χ2v) is 9.28. The van der Waals surface area contributed by atoms with Crippen LogP contribution in [0.2, 0.25) is 0 Å². The van der Waals surface area contributed by atoms with Gasteiger partial charge in [0.25, 0.3) is 5.91 Å². The third-order valence-electron chi connectivity index (χ3n) is 5.86. The number of aromatic nitrogens is 1. The molecule has 1 N–H and O–H groups in total. The number of hydrogen-bond acceptors (Lipinski definition) is 2. The maximum atomic E-state index is 13.5. The number of nitrogens with zero attached hydrogens (tertiary/aromatic N) is 1. The van der Waals surface area contributed by atoms with Crippen molar-refractivity contribution in [2.45, 2.75) is 33.1 Å². The van der Waals surface area contributed by atoms with Gasteiger partial charge >= 0.3 is 0 Å². The minimum Gasteiger partial charge on any atom is -0.330 e. The van der Waals surface area contributed by atoms with Gasteiger partial charge in [0.05, 0.1) is 11.1 Å². The number of pyridine rings is 1. The molecule has 162 valence electrons. The fraction of sp³-hybridized carbons (Fsp3) is 0.214. The van der Waals surface area contributed by atoms with Crippen molar-refractivity contribution in [1.82, 2.24) is 4.57 Å². The first-order valence-corrected chi connectivity index (χ1v) is 10.8. The number of nitrogens with one attached hydrogen (secondary N) is 1. The van der Waals surface area contributed by atoms with Crippen molar-refractivity contribution in [2.75, 3.05) is 5.32 Å². The molecular formula is C28H28N2O2. The van der Waals surface area contributed by atoms with E-state index >= 15 is 0 Å². The van der Waals surface area contributed by atoms with Crippen LogP contribution in [0.4, 0.5) is 5.82 Å². The van der Waals surface area contributed by atoms with E-state index in [1.54, 1.807) is 0 Å². The van der Waals surface area contributed by atoms with E-state index in [0.29, 0.717) is 22.3 Å². The number of carbonyl (C=O) groups excluding carboxylic acids is 1. The molecule has 0 saturated heterocycles. The maximum Gasteiger partial charge on any atom is 0.256 e. The van der Waals surface area contributed by atoms with Gasteiger partial charge in [-0.2, -0.15) is 0 Å². The minimum absolute atomic E-state index is 0.00951. The van der Waals surface area contributed by atoms with Crippen LogP contribution >= 0.6 is 0 Å². The fourth-order valence-electron chi connectivity index (χ4n) is 4.00. The molecule has 1 heterocycles. The Morgan fingerprint density at radius 3 is 2.25 bits per heavy atom. The number of fused-ring (bicyclic) bond motifs is 1. The number of carbonyl (C=O) groups is 1. The highest BCUT2D eigenvalue weighted by atomic mass is 16.1. The average molecular weight is 425 g/mol. The van der Waals surface area contributed by atoms with E-state index in [2.05, 4.69) is 26.1 Å². The molecule has 1 amide bonds. The van der Waals surface area contributed by atoms with Gasteiger partial charge in [-0.05, 0) is 47.7 Å². The highest BCUT2D eigenvalue weighted by molar-refractivity contribution is 6.06. The molecule has 4 aromatic rings. The largest absolute Gasteiger partial charge is 0.330 e. The number of aryl methyl sites for hydroxylation is 2. The molecule has 0 bridgehead atoms. The van der Waals surface area contributed by atoms with Crippen molar-refractivity contribution < 1.29 is 4.79 Å². The van der Waals surface area contributed by atoms with Crippen molar-refractivity contribution in [3.63, 3.8) is 0 Å². The van der Waals surface area contributed by atoms with Crippen molar-refractivity contribution in [1.29, 1.82) is 0 Å². The summed E-state index contributed by atoms with van der Waals surface area (Å²) in [5.74, 6) is 0.244. The van der Waals surface area contributed by atoms with Crippen molar-refractivity contribution in [3.8, 4) is 11.1 Å². The average Bonchev–Trinajstić information content (AvgIpc) is 2.77. The highest BCUT2D eigenvalue weighted by Gasteiger charge is 2.20. The lowest BCUT2D eigenvalue weighted by atomic mass is 9.87. The summed E-state index contributed by atoms with van der Waals surface area (Å²) in [6, 6.07) is 22.9. The SMILES string of the molecule is Cc1cccc(-c2c(NC(=O)c3ccc(C(C)(C)C)cc3)n(C)c3ccccc3c2=O)c1. The van der Waals surface area contributed by atoms with Crippen LogP contribution in [0.1, 0.15) is 42.3 Å². The summed E-state index contributed by atoms with van der Waals surface area (Å²) in [4.78, 5) is 26.7. The maximum absolute atomic E-state index is 13.5. The first kappa shape index (κ1) is 21.6. The van der Waals surface area contributed by atoms with E-state index in [1.807, 2.05) is 91.3 Å². The third kappa shape index (κ3) is 3.96. The van der Waals surface area contributed by atoms with Gasteiger partial charge in [0.2, 0.25) is 0 Å². The predicted octanol–water partition coefficient (Wildman–Crippen LogP) is 6.06. The van der Waals surface area contributed by atoms with Crippen LogP contribution in [0.5, 0.6) is 0 Å². The van der Waals surface area contributed by atoms with Crippen molar-refractivity contribution >= 4 is 22.6 Å². The molecular weight excluding hydrogens is 396 g/mol. The Morgan fingerprint density at radius 1 is 0.906 bits per heavy atom. The lowest BCUT2D eigenvalue weighted by Gasteiger charge is -2.20. The number of rotatable bonds is 3. The van der Waals surface area contributed by atoms with Gasteiger partial charge in [0.15, 0.2) is 5.43 Å². The summed E-state index contributed by atoms with van der Waals surface area (Å²) in [7, 11) is 1.87. The van der Waals surface area contributed by atoms with E-state index in [0.717, 1.165) is 22.2 Å². The van der Waals surface area contributed by atoms with E-state index in [-0.39, 0.29) is 16.8 Å². The number of anilines is 1. The molecule has 32 heavy (non-hydrogen) atoms. The van der Waals surface area contributed by atoms with E-state index in [4.69, 9.17) is 0 Å². The first-order valence-electron chi connectivity index (χ1n) is 10.8. The Morgan fingerprint density at radius 2 is 1.59 bits per heavy atom. The summed E-state index contributed by atoms with van der Waals surface area (Å²) >= 11 is 0. The zero-order chi connectivity index (χ0) is 23.0. The van der Waals surface area contributed by atoms with Crippen LogP contribution < -0.4 is 10.7 Å². The Balaban J connectivity index is 1.86. The zero-order valence-electron chi connectivity index (χ0n) is 19.2. The normalized spacial score (nSPS) is 11.5. The summed E-state index contributed by atoms with van der Waals surface area (Å²) in [5.41, 5.74) is 4.73. The van der Waals surface area contributed by atoms with Crippen LogP contribution in [0.3, 0.4) is 0 Å². The van der Waals surface area contributed by atoms with Gasteiger partial charge in [0, 0.05) is 18.0 Å². The summed E-state index contributed by atoms with van der Waals surface area (Å²) < 4.78 is 1.88. The van der Waals surface area contributed by atoms with Gasteiger partial charge in [0.1, 0.15) is 5.82 Å². The van der Waals surface area contributed by atoms with Crippen molar-refractivity contribution in [2.24, 2.45) is 7.05 Å². The van der Waals surface area contributed by atoms with Crippen LogP contribution in [-0.4, -0.2) is 10.5 Å². The quantitative estimate of drug-likeness (QED) is 0.434. The molecule has 4 nitrogen and oxygen atoms in total. The molecule has 0 aliphatic carbocycles. The van der Waals surface area contributed by atoms with E-state index in [9.17, 15) is 9.59 Å². The summed E-state index contributed by atoms with van der Waals surface area (Å²) in [6.07, 6.45) is 0. The van der Waals surface area contributed by atoms with Gasteiger partial charge in [-0.3, -0.25) is 9.59 Å². The number of benzene rings is 3. The molecule has 0 fully saturated rings. The molecule has 0 saturated carbocycles.